The molecular formula is C38H49N5O4. The van der Waals surface area contributed by atoms with Crippen LogP contribution in [-0.4, -0.2) is 52.0 Å². The van der Waals surface area contributed by atoms with Gasteiger partial charge in [-0.25, -0.2) is 0 Å². The normalized spacial score (nSPS) is 14.7. The lowest BCUT2D eigenvalue weighted by molar-refractivity contribution is -0.132. The van der Waals surface area contributed by atoms with E-state index >= 15 is 0 Å². The molecule has 0 bridgehead atoms. The topological polar surface area (TPSA) is 149 Å². The number of nitrogens with two attached hydrogens (primary N) is 1. The van der Waals surface area contributed by atoms with Gasteiger partial charge in [0, 0.05) is 17.1 Å². The van der Waals surface area contributed by atoms with Crippen molar-refractivity contribution < 1.29 is 19.5 Å². The second-order valence-electron chi connectivity index (χ2n) is 13.1. The van der Waals surface area contributed by atoms with E-state index in [1.807, 2.05) is 119 Å². The number of amides is 3. The molecule has 3 aromatic carbocycles. The molecule has 0 saturated carbocycles. The molecule has 1 unspecified atom stereocenters. The molecule has 7 N–H and O–H groups in total. The van der Waals surface area contributed by atoms with Crippen molar-refractivity contribution in [3.8, 4) is 0 Å². The number of benzene rings is 3. The van der Waals surface area contributed by atoms with Gasteiger partial charge in [0.25, 0.3) is 0 Å². The van der Waals surface area contributed by atoms with Crippen molar-refractivity contribution in [1.29, 1.82) is 0 Å². The number of para-hydroxylation sites is 1. The molecule has 250 valence electrons. The van der Waals surface area contributed by atoms with Crippen molar-refractivity contribution in [3.05, 3.63) is 108 Å². The molecule has 3 amide bonds. The number of hydrogen-bond acceptors (Lipinski definition) is 5. The number of carbonyl (C=O) groups is 3. The van der Waals surface area contributed by atoms with Crippen LogP contribution >= 0.6 is 0 Å². The Morgan fingerprint density at radius 3 is 2.09 bits per heavy atom. The molecule has 1 aromatic heterocycles. The number of nitrogens with one attached hydrogen (secondary N) is 4. The van der Waals surface area contributed by atoms with Crippen molar-refractivity contribution in [1.82, 2.24) is 20.9 Å². The molecule has 4 rings (SSSR count). The van der Waals surface area contributed by atoms with E-state index in [0.29, 0.717) is 19.3 Å². The fourth-order valence-corrected chi connectivity index (χ4v) is 5.89. The van der Waals surface area contributed by atoms with Crippen molar-refractivity contribution in [2.45, 2.75) is 83.6 Å². The number of fused-ring (bicyclic) bond motifs is 1. The summed E-state index contributed by atoms with van der Waals surface area (Å²) in [6.45, 7) is 7.66. The summed E-state index contributed by atoms with van der Waals surface area (Å²) >= 11 is 0. The summed E-state index contributed by atoms with van der Waals surface area (Å²) in [6.07, 6.45) is 1.87. The highest BCUT2D eigenvalue weighted by Gasteiger charge is 2.32. The van der Waals surface area contributed by atoms with Gasteiger partial charge in [0.15, 0.2) is 0 Å². The Kier molecular flexibility index (Phi) is 12.7. The molecule has 9 nitrogen and oxygen atoms in total. The molecule has 0 saturated heterocycles. The third-order valence-corrected chi connectivity index (χ3v) is 8.43. The van der Waals surface area contributed by atoms with E-state index in [-0.39, 0.29) is 30.2 Å². The second-order valence-corrected chi connectivity index (χ2v) is 13.1. The predicted octanol–water partition coefficient (Wildman–Crippen LogP) is 4.56. The van der Waals surface area contributed by atoms with Crippen LogP contribution in [0.5, 0.6) is 0 Å². The number of carbonyl (C=O) groups excluding carboxylic acids is 3. The SMILES string of the molecule is CC(C)C[C@H](NC(=O)[C@@H](NC(=O)[C@@H](N)Cc1c[nH]c2ccccc12)C(C)C)[C@@H](O)CC(=O)NC(Cc1ccccc1)c1ccccc1. The fraction of sp³-hybridized carbons (Fsp3) is 0.395. The minimum absolute atomic E-state index is 0.129. The summed E-state index contributed by atoms with van der Waals surface area (Å²) in [4.78, 5) is 43.3. The van der Waals surface area contributed by atoms with Crippen LogP contribution in [0.2, 0.25) is 0 Å². The van der Waals surface area contributed by atoms with Crippen LogP contribution in [0.1, 0.15) is 63.3 Å². The van der Waals surface area contributed by atoms with Crippen LogP contribution in [0, 0.1) is 11.8 Å². The molecular weight excluding hydrogens is 590 g/mol. The largest absolute Gasteiger partial charge is 0.390 e. The monoisotopic (exact) mass is 639 g/mol. The number of aliphatic hydroxyl groups excluding tert-OH is 1. The van der Waals surface area contributed by atoms with Crippen molar-refractivity contribution in [2.75, 3.05) is 0 Å². The maximum atomic E-state index is 13.6. The zero-order chi connectivity index (χ0) is 33.9. The number of rotatable bonds is 16. The first-order chi connectivity index (χ1) is 22.5. The van der Waals surface area contributed by atoms with Gasteiger partial charge in [-0.2, -0.15) is 0 Å². The Hall–Kier alpha value is -4.47. The Morgan fingerprint density at radius 1 is 0.787 bits per heavy atom. The second kappa shape index (κ2) is 16.9. The van der Waals surface area contributed by atoms with Crippen molar-refractivity contribution in [2.24, 2.45) is 17.6 Å². The molecule has 0 fully saturated rings. The van der Waals surface area contributed by atoms with Gasteiger partial charge in [-0.1, -0.05) is 107 Å². The van der Waals surface area contributed by atoms with Crippen LogP contribution in [-0.2, 0) is 27.2 Å². The van der Waals surface area contributed by atoms with Gasteiger partial charge >= 0.3 is 0 Å². The molecule has 0 spiro atoms. The fourth-order valence-electron chi connectivity index (χ4n) is 5.89. The zero-order valence-electron chi connectivity index (χ0n) is 27.8. The van der Waals surface area contributed by atoms with Crippen LogP contribution in [0.25, 0.3) is 10.9 Å². The molecule has 0 aliphatic rings. The number of aromatic amines is 1. The lowest BCUT2D eigenvalue weighted by Gasteiger charge is -2.30. The Bertz CT molecular complexity index is 1590. The van der Waals surface area contributed by atoms with Gasteiger partial charge in [0.1, 0.15) is 6.04 Å². The summed E-state index contributed by atoms with van der Waals surface area (Å²) < 4.78 is 0. The maximum Gasteiger partial charge on any atom is 0.243 e. The van der Waals surface area contributed by atoms with E-state index in [2.05, 4.69) is 20.9 Å². The number of aliphatic hydroxyl groups is 1. The smallest absolute Gasteiger partial charge is 0.243 e. The molecule has 0 radical (unpaired) electrons. The summed E-state index contributed by atoms with van der Waals surface area (Å²) in [5, 5.41) is 21.2. The standard InChI is InChI=1S/C38H49N5O4/c1-24(2)19-33(34(44)22-35(45)41-32(27-15-9-6-10-16-27)20-26-13-7-5-8-14-26)42-38(47)36(25(3)4)43-37(46)30(39)21-28-23-40-31-18-12-11-17-29(28)31/h5-18,23-25,30,32-34,36,40,44H,19-22,39H2,1-4H3,(H,41,45)(H,42,47)(H,43,46)/t30-,32?,33-,34-,36-/m0/s1. The summed E-state index contributed by atoms with van der Waals surface area (Å²) in [5.74, 6) is -1.30. The minimum atomic E-state index is -1.14. The summed E-state index contributed by atoms with van der Waals surface area (Å²) in [7, 11) is 0. The van der Waals surface area contributed by atoms with Gasteiger partial charge in [-0.05, 0) is 53.9 Å². The molecule has 4 aromatic rings. The number of H-pyrrole nitrogens is 1. The Labute approximate surface area is 277 Å². The highest BCUT2D eigenvalue weighted by Crippen LogP contribution is 2.21. The van der Waals surface area contributed by atoms with E-state index in [0.717, 1.165) is 27.6 Å². The molecule has 0 aliphatic heterocycles. The van der Waals surface area contributed by atoms with Gasteiger partial charge in [0.2, 0.25) is 17.7 Å². The molecule has 0 aliphatic carbocycles. The first-order valence-corrected chi connectivity index (χ1v) is 16.5. The minimum Gasteiger partial charge on any atom is -0.390 e. The highest BCUT2D eigenvalue weighted by molar-refractivity contribution is 5.91. The van der Waals surface area contributed by atoms with E-state index in [9.17, 15) is 19.5 Å². The third-order valence-electron chi connectivity index (χ3n) is 8.43. The Balaban J connectivity index is 1.39. The van der Waals surface area contributed by atoms with Crippen LogP contribution in [0.15, 0.2) is 91.1 Å². The van der Waals surface area contributed by atoms with Crippen molar-refractivity contribution in [3.63, 3.8) is 0 Å². The summed E-state index contributed by atoms with van der Waals surface area (Å²) in [6, 6.07) is 24.7. The van der Waals surface area contributed by atoms with Crippen LogP contribution in [0.3, 0.4) is 0 Å². The molecule has 9 heteroatoms. The molecule has 47 heavy (non-hydrogen) atoms. The van der Waals surface area contributed by atoms with Crippen molar-refractivity contribution >= 4 is 28.6 Å². The first-order valence-electron chi connectivity index (χ1n) is 16.5. The highest BCUT2D eigenvalue weighted by atomic mass is 16.3. The van der Waals surface area contributed by atoms with E-state index < -0.39 is 36.0 Å². The number of hydrogen-bond donors (Lipinski definition) is 6. The van der Waals surface area contributed by atoms with E-state index in [1.54, 1.807) is 0 Å². The van der Waals surface area contributed by atoms with Gasteiger partial charge in [-0.15, -0.1) is 0 Å². The van der Waals surface area contributed by atoms with Gasteiger partial charge < -0.3 is 31.8 Å². The predicted molar refractivity (Wildman–Crippen MR) is 186 cm³/mol. The lowest BCUT2D eigenvalue weighted by Crippen LogP contribution is -2.57. The van der Waals surface area contributed by atoms with Crippen LogP contribution < -0.4 is 21.7 Å². The van der Waals surface area contributed by atoms with Gasteiger partial charge in [-0.3, -0.25) is 14.4 Å². The van der Waals surface area contributed by atoms with E-state index in [4.69, 9.17) is 5.73 Å². The average molecular weight is 640 g/mol. The quantitative estimate of drug-likeness (QED) is 0.106. The van der Waals surface area contributed by atoms with Crippen LogP contribution in [0.4, 0.5) is 0 Å². The third kappa shape index (κ3) is 10.3. The maximum absolute atomic E-state index is 13.6. The number of aromatic nitrogens is 1. The lowest BCUT2D eigenvalue weighted by atomic mass is 9.94. The average Bonchev–Trinajstić information content (AvgIpc) is 3.45. The summed E-state index contributed by atoms with van der Waals surface area (Å²) in [5.41, 5.74) is 10.2. The van der Waals surface area contributed by atoms with E-state index in [1.165, 1.54) is 0 Å². The molecule has 5 atom stereocenters. The first kappa shape index (κ1) is 35.4. The van der Waals surface area contributed by atoms with Gasteiger partial charge in [0.05, 0.1) is 30.7 Å². The molecule has 1 heterocycles. The zero-order valence-corrected chi connectivity index (χ0v) is 27.8. The Morgan fingerprint density at radius 2 is 1.43 bits per heavy atom.